The first-order valence-corrected chi connectivity index (χ1v) is 8.50. The highest BCUT2D eigenvalue weighted by molar-refractivity contribution is 5.69. The monoisotopic (exact) mass is 377 g/mol. The van der Waals surface area contributed by atoms with Crippen LogP contribution in [0.2, 0.25) is 0 Å². The summed E-state index contributed by atoms with van der Waals surface area (Å²) >= 11 is 0. The zero-order valence-electron chi connectivity index (χ0n) is 15.9. The maximum Gasteiger partial charge on any atom is 0.306 e. The minimum Gasteiger partial charge on any atom is -0.496 e. The van der Waals surface area contributed by atoms with Gasteiger partial charge in [0.15, 0.2) is 5.82 Å². The fourth-order valence-electron chi connectivity index (χ4n) is 2.27. The van der Waals surface area contributed by atoms with Crippen LogP contribution in [0.4, 0.5) is 5.69 Å². The number of benzene rings is 1. The fraction of sp³-hybridized carbons (Fsp3) is 0.500. The van der Waals surface area contributed by atoms with E-state index in [1.165, 1.54) is 25.3 Å². The molecule has 1 aromatic carbocycles. The van der Waals surface area contributed by atoms with Crippen molar-refractivity contribution in [3.63, 3.8) is 0 Å². The van der Waals surface area contributed by atoms with Gasteiger partial charge in [-0.3, -0.25) is 14.9 Å². The summed E-state index contributed by atoms with van der Waals surface area (Å²) in [5, 5.41) is 14.8. The predicted molar refractivity (Wildman–Crippen MR) is 95.4 cm³/mol. The van der Waals surface area contributed by atoms with Gasteiger partial charge >= 0.3 is 5.97 Å². The van der Waals surface area contributed by atoms with Crippen LogP contribution in [0.1, 0.15) is 50.9 Å². The van der Waals surface area contributed by atoms with Crippen LogP contribution in [-0.2, 0) is 28.0 Å². The number of aromatic nitrogens is 2. The third-order valence-corrected chi connectivity index (χ3v) is 3.77. The summed E-state index contributed by atoms with van der Waals surface area (Å²) in [6.07, 6.45) is 1.14. The van der Waals surface area contributed by atoms with Crippen molar-refractivity contribution in [2.24, 2.45) is 0 Å². The number of nitro benzene ring substituents is 1. The number of rotatable bonds is 8. The minimum absolute atomic E-state index is 0.0899. The Morgan fingerprint density at radius 3 is 2.67 bits per heavy atom. The molecule has 2 aromatic rings. The smallest absolute Gasteiger partial charge is 0.306 e. The molecule has 9 heteroatoms. The lowest BCUT2D eigenvalue weighted by Gasteiger charge is -2.10. The number of carbonyl (C=O) groups is 1. The Morgan fingerprint density at radius 2 is 2.07 bits per heavy atom. The molecule has 146 valence electrons. The zero-order chi connectivity index (χ0) is 20.0. The highest BCUT2D eigenvalue weighted by atomic mass is 16.6. The highest BCUT2D eigenvalue weighted by Gasteiger charge is 2.21. The van der Waals surface area contributed by atoms with E-state index >= 15 is 0 Å². The molecule has 27 heavy (non-hydrogen) atoms. The average Bonchev–Trinajstić information content (AvgIpc) is 3.09. The molecule has 9 nitrogen and oxygen atoms in total. The molecule has 1 aromatic heterocycles. The van der Waals surface area contributed by atoms with Crippen LogP contribution in [0, 0.1) is 10.1 Å². The molecule has 0 aliphatic carbocycles. The van der Waals surface area contributed by atoms with E-state index in [0.717, 1.165) is 0 Å². The standard InChI is InChI=1S/C18H23N3O6/c1-18(2,3)17-19-15(27-20-17)6-5-7-16(22)26-11-12-10-13(21(23)24)8-9-14(12)25-4/h8-10H,5-7,11H2,1-4H3. The Hall–Kier alpha value is -2.97. The van der Waals surface area contributed by atoms with Gasteiger partial charge in [0.2, 0.25) is 5.89 Å². The molecule has 0 fully saturated rings. The second kappa shape index (κ2) is 8.61. The first kappa shape index (κ1) is 20.3. The van der Waals surface area contributed by atoms with Gasteiger partial charge in [-0.15, -0.1) is 0 Å². The minimum atomic E-state index is -0.513. The second-order valence-corrected chi connectivity index (χ2v) is 7.03. The lowest BCUT2D eigenvalue weighted by Crippen LogP contribution is -2.13. The van der Waals surface area contributed by atoms with E-state index in [2.05, 4.69) is 10.1 Å². The molecule has 0 amide bonds. The number of nitro groups is 1. The van der Waals surface area contributed by atoms with Gasteiger partial charge in [-0.1, -0.05) is 25.9 Å². The maximum absolute atomic E-state index is 11.9. The van der Waals surface area contributed by atoms with E-state index in [4.69, 9.17) is 14.0 Å². The highest BCUT2D eigenvalue weighted by Crippen LogP contribution is 2.25. The number of methoxy groups -OCH3 is 1. The molecule has 0 bridgehead atoms. The van der Waals surface area contributed by atoms with Gasteiger partial charge in [0, 0.05) is 36.0 Å². The third kappa shape index (κ3) is 5.77. The summed E-state index contributed by atoms with van der Waals surface area (Å²) in [7, 11) is 1.45. The number of non-ortho nitro benzene ring substituents is 1. The molecule has 0 atom stereocenters. The van der Waals surface area contributed by atoms with Crippen LogP contribution in [0.5, 0.6) is 5.75 Å². The van der Waals surface area contributed by atoms with Gasteiger partial charge in [-0.25, -0.2) is 0 Å². The van der Waals surface area contributed by atoms with Crippen molar-refractivity contribution in [1.82, 2.24) is 10.1 Å². The molecule has 0 aliphatic rings. The van der Waals surface area contributed by atoms with Crippen LogP contribution in [0.15, 0.2) is 22.7 Å². The van der Waals surface area contributed by atoms with Crippen LogP contribution in [0.3, 0.4) is 0 Å². The van der Waals surface area contributed by atoms with E-state index in [1.54, 1.807) is 0 Å². The number of hydrogen-bond donors (Lipinski definition) is 0. The maximum atomic E-state index is 11.9. The van der Waals surface area contributed by atoms with Gasteiger partial charge < -0.3 is 14.0 Å². The average molecular weight is 377 g/mol. The number of aryl methyl sites for hydroxylation is 1. The number of esters is 1. The third-order valence-electron chi connectivity index (χ3n) is 3.77. The fourth-order valence-corrected chi connectivity index (χ4v) is 2.27. The molecular weight excluding hydrogens is 354 g/mol. The van der Waals surface area contributed by atoms with E-state index in [0.29, 0.717) is 35.9 Å². The Balaban J connectivity index is 1.83. The molecule has 2 rings (SSSR count). The van der Waals surface area contributed by atoms with Gasteiger partial charge in [-0.2, -0.15) is 4.98 Å². The van der Waals surface area contributed by atoms with Crippen molar-refractivity contribution in [1.29, 1.82) is 0 Å². The summed E-state index contributed by atoms with van der Waals surface area (Å²) in [6.45, 7) is 5.86. The van der Waals surface area contributed by atoms with E-state index < -0.39 is 10.9 Å². The summed E-state index contributed by atoms with van der Waals surface area (Å²) in [4.78, 5) is 26.6. The number of ether oxygens (including phenoxy) is 2. The lowest BCUT2D eigenvalue weighted by atomic mass is 9.96. The number of nitrogens with zero attached hydrogens (tertiary/aromatic N) is 3. The molecule has 0 saturated carbocycles. The number of hydrogen-bond acceptors (Lipinski definition) is 8. The summed E-state index contributed by atoms with van der Waals surface area (Å²) in [5.74, 6) is 1.11. The van der Waals surface area contributed by atoms with Crippen molar-refractivity contribution in [2.45, 2.75) is 52.1 Å². The van der Waals surface area contributed by atoms with Gasteiger partial charge in [0.05, 0.1) is 12.0 Å². The molecule has 1 heterocycles. The largest absolute Gasteiger partial charge is 0.496 e. The molecule has 0 radical (unpaired) electrons. The topological polar surface area (TPSA) is 118 Å². The van der Waals surface area contributed by atoms with Crippen molar-refractivity contribution in [3.8, 4) is 5.75 Å². The Morgan fingerprint density at radius 1 is 1.33 bits per heavy atom. The molecular formula is C18H23N3O6. The predicted octanol–water partition coefficient (Wildman–Crippen LogP) is 3.35. The number of carbonyl (C=O) groups excluding carboxylic acids is 1. The van der Waals surface area contributed by atoms with E-state index in [9.17, 15) is 14.9 Å². The first-order chi connectivity index (χ1) is 12.7. The van der Waals surface area contributed by atoms with Gasteiger partial charge in [-0.05, 0) is 12.5 Å². The lowest BCUT2D eigenvalue weighted by molar-refractivity contribution is -0.385. The molecule has 0 N–H and O–H groups in total. The molecule has 0 saturated heterocycles. The molecule has 0 unspecified atom stereocenters. The van der Waals surface area contributed by atoms with Gasteiger partial charge in [0.1, 0.15) is 12.4 Å². The molecule has 0 spiro atoms. The quantitative estimate of drug-likeness (QED) is 0.390. The second-order valence-electron chi connectivity index (χ2n) is 7.03. The summed E-state index contributed by atoms with van der Waals surface area (Å²) in [6, 6.07) is 4.14. The molecule has 0 aliphatic heterocycles. The zero-order valence-corrected chi connectivity index (χ0v) is 15.9. The Kier molecular flexibility index (Phi) is 6.49. The summed E-state index contributed by atoms with van der Waals surface area (Å²) < 4.78 is 15.5. The first-order valence-electron chi connectivity index (χ1n) is 8.50. The van der Waals surface area contributed by atoms with Crippen molar-refractivity contribution in [3.05, 3.63) is 45.6 Å². The Labute approximate surface area is 156 Å². The van der Waals surface area contributed by atoms with Crippen molar-refractivity contribution in [2.75, 3.05) is 7.11 Å². The SMILES string of the molecule is COc1ccc([N+](=O)[O-])cc1COC(=O)CCCc1nc(C(C)(C)C)no1. The van der Waals surface area contributed by atoms with E-state index in [1.807, 2.05) is 20.8 Å². The normalized spacial score (nSPS) is 11.3. The van der Waals surface area contributed by atoms with E-state index in [-0.39, 0.29) is 24.1 Å². The summed E-state index contributed by atoms with van der Waals surface area (Å²) in [5.41, 5.74) is 0.151. The van der Waals surface area contributed by atoms with Crippen LogP contribution in [-0.4, -0.2) is 28.1 Å². The van der Waals surface area contributed by atoms with Crippen LogP contribution >= 0.6 is 0 Å². The van der Waals surface area contributed by atoms with Crippen LogP contribution < -0.4 is 4.74 Å². The van der Waals surface area contributed by atoms with Crippen molar-refractivity contribution < 1.29 is 23.7 Å². The van der Waals surface area contributed by atoms with Crippen LogP contribution in [0.25, 0.3) is 0 Å². The van der Waals surface area contributed by atoms with Gasteiger partial charge in [0.25, 0.3) is 5.69 Å². The Bertz CT molecular complexity index is 810. The van der Waals surface area contributed by atoms with Crippen molar-refractivity contribution >= 4 is 11.7 Å².